The van der Waals surface area contributed by atoms with Crippen LogP contribution < -0.4 is 5.32 Å². The number of hydrogen-bond donors (Lipinski definition) is 2. The Kier molecular flexibility index (Phi) is 4.94. The van der Waals surface area contributed by atoms with Crippen molar-refractivity contribution in [1.82, 2.24) is 5.32 Å². The van der Waals surface area contributed by atoms with Crippen LogP contribution in [0, 0.1) is 5.92 Å². The van der Waals surface area contributed by atoms with E-state index >= 15 is 0 Å². The molecule has 0 fully saturated rings. The first-order valence-corrected chi connectivity index (χ1v) is 3.59. The fraction of sp³-hybridized carbons (Fsp3) is 0.857. The predicted molar refractivity (Wildman–Crippen MR) is 40.0 cm³/mol. The highest BCUT2D eigenvalue weighted by molar-refractivity contribution is 5.68. The first-order valence-electron chi connectivity index (χ1n) is 3.59. The molecule has 1 unspecified atom stereocenters. The quantitative estimate of drug-likeness (QED) is 0.599. The summed E-state index contributed by atoms with van der Waals surface area (Å²) >= 11 is 0. The molecule has 0 rings (SSSR count). The molecule has 0 aliphatic carbocycles. The van der Waals surface area contributed by atoms with Crippen molar-refractivity contribution in [1.29, 1.82) is 0 Å². The second-order valence-corrected chi connectivity index (χ2v) is 2.54. The number of aliphatic carboxylic acids is 1. The minimum absolute atomic E-state index is 0.0737. The van der Waals surface area contributed by atoms with Crippen LogP contribution in [0.15, 0.2) is 0 Å². The first-order chi connectivity index (χ1) is 4.66. The third-order valence-corrected chi connectivity index (χ3v) is 1.47. The van der Waals surface area contributed by atoms with Crippen molar-refractivity contribution in [2.24, 2.45) is 5.92 Å². The standard InChI is InChI=1S/C7H15NO2/c1-3-6(2)4-8-5-7(9)10/h6,8H,3-5H2,1-2H3,(H,9,10). The minimum atomic E-state index is -0.789. The second kappa shape index (κ2) is 5.23. The van der Waals surface area contributed by atoms with Gasteiger partial charge in [0.1, 0.15) is 0 Å². The molecule has 60 valence electrons. The molecular weight excluding hydrogens is 130 g/mol. The lowest BCUT2D eigenvalue weighted by atomic mass is 10.1. The van der Waals surface area contributed by atoms with E-state index < -0.39 is 5.97 Å². The molecule has 10 heavy (non-hydrogen) atoms. The van der Waals surface area contributed by atoms with Crippen LogP contribution in [0.5, 0.6) is 0 Å². The van der Waals surface area contributed by atoms with E-state index in [9.17, 15) is 4.79 Å². The van der Waals surface area contributed by atoms with Crippen LogP contribution in [0.2, 0.25) is 0 Å². The van der Waals surface area contributed by atoms with E-state index in [1.54, 1.807) is 0 Å². The molecule has 0 saturated carbocycles. The zero-order valence-corrected chi connectivity index (χ0v) is 6.55. The van der Waals surface area contributed by atoms with Crippen LogP contribution >= 0.6 is 0 Å². The summed E-state index contributed by atoms with van der Waals surface area (Å²) in [5.74, 6) is -0.220. The van der Waals surface area contributed by atoms with Gasteiger partial charge in [0.15, 0.2) is 0 Å². The van der Waals surface area contributed by atoms with Gasteiger partial charge in [0.2, 0.25) is 0 Å². The molecule has 0 aromatic heterocycles. The molecule has 0 aliphatic rings. The Hall–Kier alpha value is -0.570. The van der Waals surface area contributed by atoms with Gasteiger partial charge in [-0.05, 0) is 12.5 Å². The van der Waals surface area contributed by atoms with Gasteiger partial charge in [0.25, 0.3) is 0 Å². The lowest BCUT2D eigenvalue weighted by Crippen LogP contribution is -2.26. The van der Waals surface area contributed by atoms with Crippen molar-refractivity contribution in [3.63, 3.8) is 0 Å². The Labute approximate surface area is 61.4 Å². The minimum Gasteiger partial charge on any atom is -0.480 e. The maximum absolute atomic E-state index is 10.0. The summed E-state index contributed by atoms with van der Waals surface area (Å²) in [5.41, 5.74) is 0. The van der Waals surface area contributed by atoms with Gasteiger partial charge < -0.3 is 10.4 Å². The molecule has 0 aliphatic heterocycles. The monoisotopic (exact) mass is 145 g/mol. The van der Waals surface area contributed by atoms with Gasteiger partial charge in [0, 0.05) is 0 Å². The summed E-state index contributed by atoms with van der Waals surface area (Å²) in [6.45, 7) is 5.05. The fourth-order valence-electron chi connectivity index (χ4n) is 0.570. The molecule has 0 spiro atoms. The lowest BCUT2D eigenvalue weighted by molar-refractivity contribution is -0.135. The maximum Gasteiger partial charge on any atom is 0.317 e. The third-order valence-electron chi connectivity index (χ3n) is 1.47. The molecule has 3 nitrogen and oxygen atoms in total. The van der Waals surface area contributed by atoms with Crippen LogP contribution in [0.4, 0.5) is 0 Å². The number of hydrogen-bond acceptors (Lipinski definition) is 2. The smallest absolute Gasteiger partial charge is 0.317 e. The fourth-order valence-corrected chi connectivity index (χ4v) is 0.570. The maximum atomic E-state index is 10.0. The average Bonchev–Trinajstić information content (AvgIpc) is 1.87. The molecule has 0 aromatic carbocycles. The molecule has 0 amide bonds. The number of rotatable bonds is 5. The molecular formula is C7H15NO2. The summed E-state index contributed by atoms with van der Waals surface area (Å²) in [7, 11) is 0. The summed E-state index contributed by atoms with van der Waals surface area (Å²) in [4.78, 5) is 10.0. The molecule has 3 heteroatoms. The lowest BCUT2D eigenvalue weighted by Gasteiger charge is -2.07. The van der Waals surface area contributed by atoms with Crippen LogP contribution in [-0.4, -0.2) is 24.2 Å². The zero-order valence-electron chi connectivity index (χ0n) is 6.55. The van der Waals surface area contributed by atoms with E-state index in [0.717, 1.165) is 13.0 Å². The molecule has 0 aromatic rings. The summed E-state index contributed by atoms with van der Waals surface area (Å²) in [6, 6.07) is 0. The normalized spacial score (nSPS) is 13.0. The molecule has 0 heterocycles. The molecule has 1 atom stereocenters. The third kappa shape index (κ3) is 5.56. The Morgan fingerprint density at radius 2 is 2.30 bits per heavy atom. The highest BCUT2D eigenvalue weighted by atomic mass is 16.4. The topological polar surface area (TPSA) is 49.3 Å². The van der Waals surface area contributed by atoms with Gasteiger partial charge in [-0.15, -0.1) is 0 Å². The Balaban J connectivity index is 3.11. The summed E-state index contributed by atoms with van der Waals surface area (Å²) in [5, 5.41) is 11.1. The highest BCUT2D eigenvalue weighted by Crippen LogP contribution is 1.96. The average molecular weight is 145 g/mol. The van der Waals surface area contributed by atoms with E-state index in [1.165, 1.54) is 0 Å². The molecule has 0 radical (unpaired) electrons. The highest BCUT2D eigenvalue weighted by Gasteiger charge is 1.99. The van der Waals surface area contributed by atoms with Crippen molar-refractivity contribution < 1.29 is 9.90 Å². The van der Waals surface area contributed by atoms with Gasteiger partial charge in [0.05, 0.1) is 6.54 Å². The van der Waals surface area contributed by atoms with Crippen molar-refractivity contribution >= 4 is 5.97 Å². The summed E-state index contributed by atoms with van der Waals surface area (Å²) < 4.78 is 0. The molecule has 0 saturated heterocycles. The molecule has 2 N–H and O–H groups in total. The van der Waals surface area contributed by atoms with Crippen molar-refractivity contribution in [2.45, 2.75) is 20.3 Å². The SMILES string of the molecule is CCC(C)CNCC(=O)O. The first kappa shape index (κ1) is 9.43. The van der Waals surface area contributed by atoms with Gasteiger partial charge in [-0.1, -0.05) is 20.3 Å². The number of carboxylic acids is 1. The largest absolute Gasteiger partial charge is 0.480 e. The van der Waals surface area contributed by atoms with Crippen LogP contribution in [-0.2, 0) is 4.79 Å². The zero-order chi connectivity index (χ0) is 7.98. The predicted octanol–water partition coefficient (Wildman–Crippen LogP) is 0.707. The van der Waals surface area contributed by atoms with Gasteiger partial charge in [-0.3, -0.25) is 4.79 Å². The van der Waals surface area contributed by atoms with Crippen LogP contribution in [0.25, 0.3) is 0 Å². The Morgan fingerprint density at radius 3 is 2.70 bits per heavy atom. The van der Waals surface area contributed by atoms with Crippen molar-refractivity contribution in [2.75, 3.05) is 13.1 Å². The van der Waals surface area contributed by atoms with Crippen molar-refractivity contribution in [3.8, 4) is 0 Å². The van der Waals surface area contributed by atoms with E-state index in [4.69, 9.17) is 5.11 Å². The van der Waals surface area contributed by atoms with Gasteiger partial charge >= 0.3 is 5.97 Å². The van der Waals surface area contributed by atoms with Gasteiger partial charge in [-0.2, -0.15) is 0 Å². The van der Waals surface area contributed by atoms with Crippen molar-refractivity contribution in [3.05, 3.63) is 0 Å². The number of carbonyl (C=O) groups is 1. The Bertz CT molecular complexity index is 104. The molecule has 0 bridgehead atoms. The van der Waals surface area contributed by atoms with Gasteiger partial charge in [-0.25, -0.2) is 0 Å². The second-order valence-electron chi connectivity index (χ2n) is 2.54. The van der Waals surface area contributed by atoms with E-state index in [-0.39, 0.29) is 6.54 Å². The summed E-state index contributed by atoms with van der Waals surface area (Å²) in [6.07, 6.45) is 1.09. The van der Waals surface area contributed by atoms with Crippen LogP contribution in [0.3, 0.4) is 0 Å². The van der Waals surface area contributed by atoms with E-state index in [1.807, 2.05) is 0 Å². The van der Waals surface area contributed by atoms with E-state index in [2.05, 4.69) is 19.2 Å². The Morgan fingerprint density at radius 1 is 1.70 bits per heavy atom. The van der Waals surface area contributed by atoms with E-state index in [0.29, 0.717) is 5.92 Å². The number of carboxylic acid groups (broad SMARTS) is 1. The van der Waals surface area contributed by atoms with Crippen LogP contribution in [0.1, 0.15) is 20.3 Å². The number of nitrogens with one attached hydrogen (secondary N) is 1.